The van der Waals surface area contributed by atoms with Crippen LogP contribution in [0.2, 0.25) is 0 Å². The highest BCUT2D eigenvalue weighted by molar-refractivity contribution is 5.87. The molecule has 0 spiro atoms. The molecule has 0 saturated carbocycles. The molecule has 0 radical (unpaired) electrons. The average molecular weight is 340 g/mol. The third kappa shape index (κ3) is 3.96. The molecule has 1 N–H and O–H groups in total. The van der Waals surface area contributed by atoms with Crippen molar-refractivity contribution in [3.05, 3.63) is 70.1 Å². The number of rotatable bonds is 4. The summed E-state index contributed by atoms with van der Waals surface area (Å²) in [7, 11) is 0. The van der Waals surface area contributed by atoms with Gasteiger partial charge in [-0.25, -0.2) is 4.79 Å². The molecule has 1 saturated heterocycles. The van der Waals surface area contributed by atoms with Crippen LogP contribution in [0.1, 0.15) is 34.7 Å². The van der Waals surface area contributed by atoms with Gasteiger partial charge in [0.05, 0.1) is 5.56 Å². The number of pyridine rings is 1. The Kier molecular flexibility index (Phi) is 4.97. The Morgan fingerprint density at radius 3 is 2.76 bits per heavy atom. The maximum atomic E-state index is 12.5. The summed E-state index contributed by atoms with van der Waals surface area (Å²) in [6.07, 6.45) is 3.38. The zero-order valence-electron chi connectivity index (χ0n) is 13.8. The number of aromatic nitrogens is 1. The summed E-state index contributed by atoms with van der Waals surface area (Å²) >= 11 is 0. The van der Waals surface area contributed by atoms with Crippen LogP contribution in [0.15, 0.2) is 53.5 Å². The van der Waals surface area contributed by atoms with E-state index in [1.807, 2.05) is 6.07 Å². The summed E-state index contributed by atoms with van der Waals surface area (Å²) in [5.74, 6) is -0.925. The molecule has 0 aliphatic carbocycles. The molecule has 1 aromatic carbocycles. The molecule has 6 nitrogen and oxygen atoms in total. The van der Waals surface area contributed by atoms with Crippen LogP contribution >= 0.6 is 0 Å². The fourth-order valence-corrected chi connectivity index (χ4v) is 3.24. The summed E-state index contributed by atoms with van der Waals surface area (Å²) in [6, 6.07) is 11.7. The predicted octanol–water partition coefficient (Wildman–Crippen LogP) is 1.95. The van der Waals surface area contributed by atoms with Gasteiger partial charge in [-0.15, -0.1) is 0 Å². The van der Waals surface area contributed by atoms with E-state index in [1.54, 1.807) is 41.4 Å². The highest BCUT2D eigenvalue weighted by atomic mass is 16.4. The number of carboxylic acids is 1. The lowest BCUT2D eigenvalue weighted by molar-refractivity contribution is -0.133. The molecular formula is C19H20N2O4. The van der Waals surface area contributed by atoms with E-state index in [4.69, 9.17) is 5.11 Å². The smallest absolute Gasteiger partial charge is 0.335 e. The van der Waals surface area contributed by atoms with Crippen LogP contribution in [0.4, 0.5) is 0 Å². The van der Waals surface area contributed by atoms with Gasteiger partial charge >= 0.3 is 5.97 Å². The summed E-state index contributed by atoms with van der Waals surface area (Å²) < 4.78 is 1.40. The number of piperidine rings is 1. The van der Waals surface area contributed by atoms with E-state index in [-0.39, 0.29) is 29.5 Å². The summed E-state index contributed by atoms with van der Waals surface area (Å²) in [6.45, 7) is 1.24. The lowest BCUT2D eigenvalue weighted by Crippen LogP contribution is -2.42. The van der Waals surface area contributed by atoms with Gasteiger partial charge in [-0.2, -0.15) is 0 Å². The van der Waals surface area contributed by atoms with E-state index in [0.717, 1.165) is 18.4 Å². The van der Waals surface area contributed by atoms with Crippen LogP contribution in [0.25, 0.3) is 0 Å². The molecule has 3 rings (SSSR count). The molecule has 1 atom stereocenters. The van der Waals surface area contributed by atoms with Crippen LogP contribution in [0, 0.1) is 0 Å². The van der Waals surface area contributed by atoms with E-state index in [9.17, 15) is 14.4 Å². The molecule has 130 valence electrons. The van der Waals surface area contributed by atoms with E-state index in [2.05, 4.69) is 0 Å². The fourth-order valence-electron chi connectivity index (χ4n) is 3.24. The summed E-state index contributed by atoms with van der Waals surface area (Å²) in [5, 5.41) is 9.14. The minimum absolute atomic E-state index is 0.0293. The van der Waals surface area contributed by atoms with Crippen molar-refractivity contribution >= 4 is 11.9 Å². The predicted molar refractivity (Wildman–Crippen MR) is 92.7 cm³/mol. The Hall–Kier alpha value is -2.89. The number of amides is 1. The average Bonchev–Trinajstić information content (AvgIpc) is 2.64. The van der Waals surface area contributed by atoms with Crippen LogP contribution in [-0.2, 0) is 11.3 Å². The largest absolute Gasteiger partial charge is 0.478 e. The highest BCUT2D eigenvalue weighted by Gasteiger charge is 2.25. The van der Waals surface area contributed by atoms with E-state index in [1.165, 1.54) is 10.6 Å². The second-order valence-corrected chi connectivity index (χ2v) is 6.28. The van der Waals surface area contributed by atoms with Gasteiger partial charge in [0.1, 0.15) is 6.54 Å². The molecule has 25 heavy (non-hydrogen) atoms. The lowest BCUT2D eigenvalue weighted by atomic mass is 9.89. The van der Waals surface area contributed by atoms with Crippen LogP contribution in [0.3, 0.4) is 0 Å². The van der Waals surface area contributed by atoms with Crippen molar-refractivity contribution < 1.29 is 14.7 Å². The highest BCUT2D eigenvalue weighted by Crippen LogP contribution is 2.27. The van der Waals surface area contributed by atoms with Crippen molar-refractivity contribution in [2.75, 3.05) is 13.1 Å². The molecule has 0 bridgehead atoms. The third-order valence-electron chi connectivity index (χ3n) is 4.58. The Morgan fingerprint density at radius 2 is 2.00 bits per heavy atom. The molecule has 6 heteroatoms. The quantitative estimate of drug-likeness (QED) is 0.923. The number of hydrogen-bond donors (Lipinski definition) is 1. The maximum Gasteiger partial charge on any atom is 0.335 e. The molecule has 1 amide bonds. The molecule has 1 aromatic heterocycles. The number of aromatic carboxylic acids is 1. The monoisotopic (exact) mass is 340 g/mol. The normalized spacial score (nSPS) is 17.3. The van der Waals surface area contributed by atoms with Crippen molar-refractivity contribution in [2.24, 2.45) is 0 Å². The van der Waals surface area contributed by atoms with Gasteiger partial charge in [-0.05, 0) is 36.6 Å². The first-order valence-corrected chi connectivity index (χ1v) is 8.31. The molecule has 0 unspecified atom stereocenters. The van der Waals surface area contributed by atoms with E-state index in [0.29, 0.717) is 13.1 Å². The van der Waals surface area contributed by atoms with Gasteiger partial charge in [0.2, 0.25) is 5.91 Å². The summed E-state index contributed by atoms with van der Waals surface area (Å²) in [4.78, 5) is 37.2. The maximum absolute atomic E-state index is 12.5. The Labute approximate surface area is 145 Å². The molecule has 1 aliphatic heterocycles. The van der Waals surface area contributed by atoms with Crippen molar-refractivity contribution in [2.45, 2.75) is 25.3 Å². The Balaban J connectivity index is 1.71. The number of benzene rings is 1. The number of carbonyl (C=O) groups is 2. The SMILES string of the molecule is O=C(O)c1cccc([C@H]2CCCN(C(=O)Cn3ccccc3=O)C2)c1. The third-order valence-corrected chi connectivity index (χ3v) is 4.58. The standard InChI is InChI=1S/C19H20N2O4/c22-17-8-1-2-9-21(17)13-18(23)20-10-4-7-16(12-20)14-5-3-6-15(11-14)19(24)25/h1-3,5-6,8-9,11,16H,4,7,10,12-13H2,(H,24,25)/t16-/m0/s1. The topological polar surface area (TPSA) is 79.6 Å². The van der Waals surface area contributed by atoms with E-state index >= 15 is 0 Å². The lowest BCUT2D eigenvalue weighted by Gasteiger charge is -2.33. The zero-order valence-corrected chi connectivity index (χ0v) is 13.8. The minimum atomic E-state index is -0.950. The van der Waals surface area contributed by atoms with Gasteiger partial charge in [0.25, 0.3) is 5.56 Å². The van der Waals surface area contributed by atoms with Crippen LogP contribution in [0.5, 0.6) is 0 Å². The zero-order chi connectivity index (χ0) is 17.8. The van der Waals surface area contributed by atoms with Gasteiger partial charge < -0.3 is 14.6 Å². The van der Waals surface area contributed by atoms with Crippen molar-refractivity contribution in [1.29, 1.82) is 0 Å². The molecule has 2 heterocycles. The van der Waals surface area contributed by atoms with Crippen molar-refractivity contribution in [1.82, 2.24) is 9.47 Å². The number of carbonyl (C=O) groups excluding carboxylic acids is 1. The fraction of sp³-hybridized carbons (Fsp3) is 0.316. The Morgan fingerprint density at radius 1 is 1.16 bits per heavy atom. The van der Waals surface area contributed by atoms with Gasteiger partial charge in [0.15, 0.2) is 0 Å². The number of hydrogen-bond acceptors (Lipinski definition) is 3. The molecular weight excluding hydrogens is 320 g/mol. The van der Waals surface area contributed by atoms with Gasteiger partial charge in [-0.1, -0.05) is 18.2 Å². The van der Waals surface area contributed by atoms with Crippen LogP contribution < -0.4 is 5.56 Å². The van der Waals surface area contributed by atoms with Crippen molar-refractivity contribution in [3.63, 3.8) is 0 Å². The minimum Gasteiger partial charge on any atom is -0.478 e. The Bertz CT molecular complexity index is 843. The number of likely N-dealkylation sites (tertiary alicyclic amines) is 1. The molecule has 1 aliphatic rings. The van der Waals surface area contributed by atoms with Gasteiger partial charge in [0, 0.05) is 31.3 Å². The first-order valence-electron chi connectivity index (χ1n) is 8.31. The number of nitrogens with zero attached hydrogens (tertiary/aromatic N) is 2. The van der Waals surface area contributed by atoms with Gasteiger partial charge in [-0.3, -0.25) is 9.59 Å². The number of carboxylic acid groups (broad SMARTS) is 1. The molecule has 1 fully saturated rings. The second-order valence-electron chi connectivity index (χ2n) is 6.28. The summed E-state index contributed by atoms with van der Waals surface area (Å²) in [5.41, 5.74) is 1.00. The van der Waals surface area contributed by atoms with Crippen molar-refractivity contribution in [3.8, 4) is 0 Å². The molecule has 2 aromatic rings. The first kappa shape index (κ1) is 17.0. The van der Waals surface area contributed by atoms with Crippen LogP contribution in [-0.4, -0.2) is 39.5 Å². The first-order chi connectivity index (χ1) is 12.0. The van der Waals surface area contributed by atoms with E-state index < -0.39 is 5.97 Å². The second kappa shape index (κ2) is 7.34.